The Morgan fingerprint density at radius 1 is 1.12 bits per heavy atom. The number of ether oxygens (including phenoxy) is 3. The third kappa shape index (κ3) is 2.66. The maximum absolute atomic E-state index is 13.6. The quantitative estimate of drug-likeness (QED) is 0.830. The van der Waals surface area contributed by atoms with Crippen molar-refractivity contribution in [3.05, 3.63) is 62.7 Å². The summed E-state index contributed by atoms with van der Waals surface area (Å²) in [5, 5.41) is 9.37. The minimum Gasteiger partial charge on any atom is -0.508 e. The summed E-state index contributed by atoms with van der Waals surface area (Å²) in [6, 6.07) is 6.34. The third-order valence-electron chi connectivity index (χ3n) is 4.35. The number of phenols is 1. The monoisotopic (exact) mass is 350 g/mol. The molecule has 2 aliphatic heterocycles. The van der Waals surface area contributed by atoms with Crippen LogP contribution in [0.5, 0.6) is 5.75 Å². The van der Waals surface area contributed by atoms with Crippen LogP contribution in [0.4, 0.5) is 4.39 Å². The Balaban J connectivity index is 1.65. The molecular formula is C16H15FN2O6. The lowest BCUT2D eigenvalue weighted by molar-refractivity contribution is -0.145. The number of benzene rings is 1. The van der Waals surface area contributed by atoms with E-state index < -0.39 is 47.9 Å². The van der Waals surface area contributed by atoms with E-state index >= 15 is 0 Å². The molecule has 5 atom stereocenters. The normalized spacial score (nSPS) is 31.2. The maximum Gasteiger partial charge on any atom is 0.330 e. The van der Waals surface area contributed by atoms with Crippen molar-refractivity contribution >= 4 is 0 Å². The lowest BCUT2D eigenvalue weighted by atomic mass is 10.1. The molecule has 2 fully saturated rings. The van der Waals surface area contributed by atoms with Crippen LogP contribution < -0.4 is 11.2 Å². The van der Waals surface area contributed by atoms with Crippen molar-refractivity contribution in [2.45, 2.75) is 37.8 Å². The zero-order valence-corrected chi connectivity index (χ0v) is 13.1. The van der Waals surface area contributed by atoms with Crippen LogP contribution in [0.25, 0.3) is 0 Å². The lowest BCUT2D eigenvalue weighted by Crippen LogP contribution is -2.38. The fourth-order valence-electron chi connectivity index (χ4n) is 3.12. The van der Waals surface area contributed by atoms with Crippen LogP contribution in [0.2, 0.25) is 0 Å². The number of nitrogens with zero attached hydrogens (tertiary/aromatic N) is 1. The number of rotatable bonds is 2. The molecule has 2 saturated heterocycles. The summed E-state index contributed by atoms with van der Waals surface area (Å²) in [6.07, 6.45) is -2.35. The number of aromatic hydroxyl groups is 1. The van der Waals surface area contributed by atoms with Crippen molar-refractivity contribution in [2.75, 3.05) is 0 Å². The first kappa shape index (κ1) is 16.0. The van der Waals surface area contributed by atoms with Crippen LogP contribution in [0.3, 0.4) is 0 Å². The Morgan fingerprint density at radius 2 is 1.80 bits per heavy atom. The summed E-state index contributed by atoms with van der Waals surface area (Å²) >= 11 is 0. The van der Waals surface area contributed by atoms with E-state index in [2.05, 4.69) is 0 Å². The Morgan fingerprint density at radius 3 is 2.52 bits per heavy atom. The molecule has 25 heavy (non-hydrogen) atoms. The first-order valence-electron chi connectivity index (χ1n) is 7.70. The van der Waals surface area contributed by atoms with Gasteiger partial charge in [0.1, 0.15) is 18.0 Å². The van der Waals surface area contributed by atoms with Gasteiger partial charge in [-0.1, -0.05) is 12.1 Å². The van der Waals surface area contributed by atoms with Gasteiger partial charge in [0.05, 0.1) is 12.3 Å². The van der Waals surface area contributed by atoms with E-state index in [0.29, 0.717) is 5.56 Å². The number of fused-ring (bicyclic) bond motifs is 1. The molecule has 2 aliphatic rings. The molecule has 8 nitrogen and oxygen atoms in total. The summed E-state index contributed by atoms with van der Waals surface area (Å²) < 4.78 is 31.9. The highest BCUT2D eigenvalue weighted by molar-refractivity contribution is 5.27. The first-order valence-corrected chi connectivity index (χ1v) is 7.70. The SMILES string of the molecule is C[C@H]1O[C@@H](n2cc(F)c(=O)[nH]c2=O)[C@@H]2OC(c3ccc(O)cc3)O[C@@H]21. The molecule has 9 heteroatoms. The highest BCUT2D eigenvalue weighted by Crippen LogP contribution is 2.43. The van der Waals surface area contributed by atoms with Crippen LogP contribution in [0.1, 0.15) is 25.0 Å². The molecule has 1 aromatic carbocycles. The molecule has 1 unspecified atom stereocenters. The summed E-state index contributed by atoms with van der Waals surface area (Å²) in [5.74, 6) is -0.972. The Kier molecular flexibility index (Phi) is 3.71. The number of aromatic nitrogens is 2. The van der Waals surface area contributed by atoms with E-state index in [9.17, 15) is 19.1 Å². The van der Waals surface area contributed by atoms with Gasteiger partial charge < -0.3 is 19.3 Å². The molecular weight excluding hydrogens is 335 g/mol. The van der Waals surface area contributed by atoms with E-state index in [4.69, 9.17) is 14.2 Å². The summed E-state index contributed by atoms with van der Waals surface area (Å²) in [6.45, 7) is 1.76. The van der Waals surface area contributed by atoms with Gasteiger partial charge in [-0.25, -0.2) is 4.79 Å². The van der Waals surface area contributed by atoms with Crippen molar-refractivity contribution in [3.63, 3.8) is 0 Å². The van der Waals surface area contributed by atoms with Crippen LogP contribution in [-0.4, -0.2) is 33.0 Å². The number of phenolic OH excluding ortho intramolecular Hbond substituents is 1. The first-order chi connectivity index (χ1) is 11.9. The Hall–Kier alpha value is -2.49. The lowest BCUT2D eigenvalue weighted by Gasteiger charge is -2.20. The van der Waals surface area contributed by atoms with Crippen LogP contribution in [-0.2, 0) is 14.2 Å². The molecule has 0 saturated carbocycles. The molecule has 0 radical (unpaired) electrons. The fourth-order valence-corrected chi connectivity index (χ4v) is 3.12. The van der Waals surface area contributed by atoms with E-state index in [1.165, 1.54) is 12.1 Å². The zero-order valence-electron chi connectivity index (χ0n) is 13.1. The van der Waals surface area contributed by atoms with Crippen molar-refractivity contribution < 1.29 is 23.7 Å². The van der Waals surface area contributed by atoms with Crippen molar-refractivity contribution in [2.24, 2.45) is 0 Å². The number of hydrogen-bond acceptors (Lipinski definition) is 6. The predicted molar refractivity (Wildman–Crippen MR) is 81.5 cm³/mol. The van der Waals surface area contributed by atoms with Gasteiger partial charge in [-0.3, -0.25) is 14.3 Å². The van der Waals surface area contributed by atoms with Gasteiger partial charge >= 0.3 is 5.69 Å². The van der Waals surface area contributed by atoms with Crippen LogP contribution >= 0.6 is 0 Å². The molecule has 4 rings (SSSR count). The third-order valence-corrected chi connectivity index (χ3v) is 4.35. The van der Waals surface area contributed by atoms with E-state index in [1.54, 1.807) is 19.1 Å². The summed E-state index contributed by atoms with van der Waals surface area (Å²) in [7, 11) is 0. The second kappa shape index (κ2) is 5.80. The summed E-state index contributed by atoms with van der Waals surface area (Å²) in [5.41, 5.74) is -1.19. The number of halogens is 1. The minimum absolute atomic E-state index is 0.117. The Bertz CT molecular complexity index is 908. The highest BCUT2D eigenvalue weighted by atomic mass is 19.1. The van der Waals surface area contributed by atoms with Gasteiger partial charge in [0, 0.05) is 5.56 Å². The minimum atomic E-state index is -1.09. The standard InChI is InChI=1S/C16H15FN2O6/c1-7-11-12(25-15(24-11)8-2-4-9(20)5-3-8)14(23-7)19-6-10(17)13(21)18-16(19)22/h2-7,11-12,14-15,20H,1H3,(H,18,21,22)/t7-,11-,12-,14-,15?/m1/s1. The maximum atomic E-state index is 13.6. The van der Waals surface area contributed by atoms with E-state index in [-0.39, 0.29) is 5.75 Å². The zero-order chi connectivity index (χ0) is 17.7. The molecule has 2 N–H and O–H groups in total. The van der Waals surface area contributed by atoms with Crippen LogP contribution in [0, 0.1) is 5.82 Å². The molecule has 3 heterocycles. The second-order valence-electron chi connectivity index (χ2n) is 6.00. The van der Waals surface area contributed by atoms with Gasteiger partial charge in [-0.05, 0) is 19.1 Å². The average molecular weight is 350 g/mol. The van der Waals surface area contributed by atoms with Gasteiger partial charge in [0.25, 0.3) is 5.56 Å². The average Bonchev–Trinajstić information content (AvgIpc) is 3.13. The van der Waals surface area contributed by atoms with Gasteiger partial charge in [-0.2, -0.15) is 4.39 Å². The van der Waals surface area contributed by atoms with E-state index in [1.807, 2.05) is 4.98 Å². The second-order valence-corrected chi connectivity index (χ2v) is 6.00. The molecule has 0 amide bonds. The predicted octanol–water partition coefficient (Wildman–Crippen LogP) is 0.781. The van der Waals surface area contributed by atoms with Crippen molar-refractivity contribution in [3.8, 4) is 5.75 Å². The largest absolute Gasteiger partial charge is 0.508 e. The fraction of sp³-hybridized carbons (Fsp3) is 0.375. The molecule has 132 valence electrons. The van der Waals surface area contributed by atoms with Gasteiger partial charge in [0.2, 0.25) is 5.82 Å². The number of hydrogen-bond donors (Lipinski definition) is 2. The van der Waals surface area contributed by atoms with Gasteiger partial charge in [0.15, 0.2) is 12.5 Å². The molecule has 1 aromatic heterocycles. The number of H-pyrrole nitrogens is 1. The van der Waals surface area contributed by atoms with Crippen LogP contribution in [0.15, 0.2) is 40.1 Å². The van der Waals surface area contributed by atoms with Crippen molar-refractivity contribution in [1.82, 2.24) is 9.55 Å². The highest BCUT2D eigenvalue weighted by Gasteiger charge is 2.52. The molecule has 2 aromatic rings. The number of nitrogens with one attached hydrogen (secondary N) is 1. The molecule has 0 spiro atoms. The molecule has 0 aliphatic carbocycles. The van der Waals surface area contributed by atoms with Crippen molar-refractivity contribution in [1.29, 1.82) is 0 Å². The number of aromatic amines is 1. The topological polar surface area (TPSA) is 103 Å². The summed E-state index contributed by atoms with van der Waals surface area (Å²) in [4.78, 5) is 25.1. The smallest absolute Gasteiger partial charge is 0.330 e. The van der Waals surface area contributed by atoms with Gasteiger partial charge in [-0.15, -0.1) is 0 Å². The Labute approximate surface area is 140 Å². The molecule has 0 bridgehead atoms. The van der Waals surface area contributed by atoms with E-state index in [0.717, 1.165) is 10.8 Å².